The Morgan fingerprint density at radius 1 is 0.606 bits per heavy atom. The molecule has 0 N–H and O–H groups in total. The fraction of sp³-hybridized carbons (Fsp3) is 1.00. The van der Waals surface area contributed by atoms with E-state index >= 15 is 8.78 Å². The predicted octanol–water partition coefficient (Wildman–Crippen LogP) is 9.66. The molecule has 0 radical (unpaired) electrons. The predicted molar refractivity (Wildman–Crippen MR) is 132 cm³/mol. The second-order valence-corrected chi connectivity index (χ2v) is 12.9. The Bertz CT molecular complexity index is 563. The molecule has 4 rings (SSSR count). The molecule has 33 heavy (non-hydrogen) atoms. The molecule has 4 saturated carbocycles. The van der Waals surface area contributed by atoms with Crippen LogP contribution < -0.4 is 0 Å². The van der Waals surface area contributed by atoms with E-state index in [0.717, 1.165) is 69.6 Å². The highest BCUT2D eigenvalue weighted by atomic mass is 19.2. The Morgan fingerprint density at radius 3 is 1.88 bits per heavy atom. The van der Waals surface area contributed by atoms with Gasteiger partial charge >= 0.3 is 0 Å². The van der Waals surface area contributed by atoms with Gasteiger partial charge in [-0.3, -0.25) is 0 Å². The lowest BCUT2D eigenvalue weighted by molar-refractivity contribution is -0.0143. The number of halogens is 3. The van der Waals surface area contributed by atoms with Gasteiger partial charge in [-0.05, 0) is 112 Å². The van der Waals surface area contributed by atoms with Crippen molar-refractivity contribution >= 4 is 0 Å². The molecule has 0 amide bonds. The zero-order valence-corrected chi connectivity index (χ0v) is 21.5. The van der Waals surface area contributed by atoms with Crippen molar-refractivity contribution < 1.29 is 13.2 Å². The molecular weight excluding hydrogens is 417 g/mol. The van der Waals surface area contributed by atoms with E-state index in [0.29, 0.717) is 23.7 Å². The number of hydrogen-bond donors (Lipinski definition) is 0. The van der Waals surface area contributed by atoms with Crippen molar-refractivity contribution in [1.29, 1.82) is 0 Å². The molecule has 3 heteroatoms. The summed E-state index contributed by atoms with van der Waals surface area (Å²) in [6.45, 7) is 4.49. The van der Waals surface area contributed by atoms with Gasteiger partial charge in [0.05, 0.1) is 0 Å². The van der Waals surface area contributed by atoms with Crippen LogP contribution in [0, 0.1) is 47.3 Å². The lowest BCUT2D eigenvalue weighted by Crippen LogP contribution is -2.42. The smallest absolute Gasteiger partial charge is 0.134 e. The van der Waals surface area contributed by atoms with Crippen LogP contribution in [0.25, 0.3) is 0 Å². The first-order chi connectivity index (χ1) is 16.0. The molecule has 0 spiro atoms. The number of alkyl halides is 3. The zero-order chi connectivity index (χ0) is 23.4. The van der Waals surface area contributed by atoms with E-state index in [1.807, 2.05) is 0 Å². The maximum Gasteiger partial charge on any atom is 0.134 e. The van der Waals surface area contributed by atoms with Gasteiger partial charge in [0.15, 0.2) is 0 Å². The molecule has 0 aliphatic heterocycles. The van der Waals surface area contributed by atoms with Crippen LogP contribution in [0.15, 0.2) is 0 Å². The Kier molecular flexibility index (Phi) is 9.53. The van der Waals surface area contributed by atoms with Gasteiger partial charge in [0.2, 0.25) is 0 Å². The van der Waals surface area contributed by atoms with E-state index < -0.39 is 18.5 Å². The molecule has 0 aromatic rings. The largest absolute Gasteiger partial charge is 0.247 e. The molecule has 7 atom stereocenters. The zero-order valence-electron chi connectivity index (χ0n) is 21.5. The quantitative estimate of drug-likeness (QED) is 0.349. The lowest BCUT2D eigenvalue weighted by Gasteiger charge is -2.41. The molecule has 0 nitrogen and oxygen atoms in total. The molecule has 4 aliphatic carbocycles. The maximum absolute atomic E-state index is 15.0. The average molecular weight is 469 g/mol. The highest BCUT2D eigenvalue weighted by molar-refractivity contribution is 4.92. The Labute approximate surface area is 202 Å². The van der Waals surface area contributed by atoms with Crippen LogP contribution >= 0.6 is 0 Å². The van der Waals surface area contributed by atoms with Crippen molar-refractivity contribution in [2.24, 2.45) is 47.3 Å². The van der Waals surface area contributed by atoms with Crippen molar-refractivity contribution in [1.82, 2.24) is 0 Å². The van der Waals surface area contributed by atoms with E-state index in [1.165, 1.54) is 51.4 Å². The SMILES string of the molecule is CCC1CCC(C2CCC(CCCC3CCC(C4CCC(C)CC4)C(F)C3F)CC2)C(F)C1. The maximum atomic E-state index is 15.0. The minimum atomic E-state index is -1.24. The number of rotatable bonds is 7. The summed E-state index contributed by atoms with van der Waals surface area (Å²) < 4.78 is 44.8. The lowest BCUT2D eigenvalue weighted by atomic mass is 9.66. The summed E-state index contributed by atoms with van der Waals surface area (Å²) in [5, 5.41) is 0. The summed E-state index contributed by atoms with van der Waals surface area (Å²) in [5.41, 5.74) is 0. The van der Waals surface area contributed by atoms with Gasteiger partial charge in [-0.25, -0.2) is 13.2 Å². The van der Waals surface area contributed by atoms with Crippen LogP contribution in [0.2, 0.25) is 0 Å². The summed E-state index contributed by atoms with van der Waals surface area (Å²) in [4.78, 5) is 0. The van der Waals surface area contributed by atoms with Gasteiger partial charge < -0.3 is 0 Å². The van der Waals surface area contributed by atoms with Crippen LogP contribution in [0.4, 0.5) is 13.2 Å². The Morgan fingerprint density at radius 2 is 1.21 bits per heavy atom. The van der Waals surface area contributed by atoms with Crippen molar-refractivity contribution in [3.8, 4) is 0 Å². The fourth-order valence-electron chi connectivity index (χ4n) is 8.43. The van der Waals surface area contributed by atoms with E-state index in [4.69, 9.17) is 0 Å². The highest BCUT2D eigenvalue weighted by Crippen LogP contribution is 2.46. The molecule has 4 aliphatic rings. The molecule has 4 fully saturated rings. The summed E-state index contributed by atoms with van der Waals surface area (Å²) in [5.74, 6) is 3.35. The van der Waals surface area contributed by atoms with Gasteiger partial charge in [-0.1, -0.05) is 58.8 Å². The van der Waals surface area contributed by atoms with Crippen molar-refractivity contribution in [3.63, 3.8) is 0 Å². The van der Waals surface area contributed by atoms with Gasteiger partial charge in [-0.2, -0.15) is 0 Å². The number of hydrogen-bond acceptors (Lipinski definition) is 0. The average Bonchev–Trinajstić information content (AvgIpc) is 2.83. The standard InChI is InChI=1S/C30H51F3/c1-3-21-11-17-26(28(31)19-21)23-14-9-22(10-15-23)5-4-6-25-16-18-27(30(33)29(25)32)24-12-7-20(2)8-13-24/h20-30H,3-19H2,1-2H3. The third-order valence-corrected chi connectivity index (χ3v) is 10.9. The Balaban J connectivity index is 1.14. The molecule has 0 saturated heterocycles. The second-order valence-electron chi connectivity index (χ2n) is 12.9. The first kappa shape index (κ1) is 25.9. The van der Waals surface area contributed by atoms with E-state index in [2.05, 4.69) is 13.8 Å². The summed E-state index contributed by atoms with van der Waals surface area (Å²) >= 11 is 0. The summed E-state index contributed by atoms with van der Waals surface area (Å²) in [6.07, 6.45) is 15.5. The van der Waals surface area contributed by atoms with E-state index in [1.54, 1.807) is 0 Å². The van der Waals surface area contributed by atoms with Gasteiger partial charge in [0, 0.05) is 0 Å². The topological polar surface area (TPSA) is 0 Å². The third-order valence-electron chi connectivity index (χ3n) is 10.9. The highest BCUT2D eigenvalue weighted by Gasteiger charge is 2.43. The van der Waals surface area contributed by atoms with Gasteiger partial charge in [0.25, 0.3) is 0 Å². The summed E-state index contributed by atoms with van der Waals surface area (Å²) in [6, 6.07) is 0. The molecule has 0 aromatic heterocycles. The normalized spacial score (nSPS) is 47.4. The molecule has 0 bridgehead atoms. The Hall–Kier alpha value is -0.210. The van der Waals surface area contributed by atoms with Crippen LogP contribution in [0.5, 0.6) is 0 Å². The summed E-state index contributed by atoms with van der Waals surface area (Å²) in [7, 11) is 0. The van der Waals surface area contributed by atoms with E-state index in [-0.39, 0.29) is 11.8 Å². The van der Waals surface area contributed by atoms with E-state index in [9.17, 15) is 4.39 Å². The minimum absolute atomic E-state index is 0.0225. The van der Waals surface area contributed by atoms with Crippen LogP contribution in [0.3, 0.4) is 0 Å². The van der Waals surface area contributed by atoms with Crippen LogP contribution in [-0.2, 0) is 0 Å². The molecule has 7 unspecified atom stereocenters. The van der Waals surface area contributed by atoms with Crippen molar-refractivity contribution in [3.05, 3.63) is 0 Å². The van der Waals surface area contributed by atoms with Gasteiger partial charge in [0.1, 0.15) is 18.5 Å². The molecular formula is C30H51F3. The van der Waals surface area contributed by atoms with Gasteiger partial charge in [-0.15, -0.1) is 0 Å². The second kappa shape index (κ2) is 12.2. The molecule has 0 aromatic carbocycles. The first-order valence-corrected chi connectivity index (χ1v) is 14.9. The van der Waals surface area contributed by atoms with Crippen molar-refractivity contribution in [2.45, 2.75) is 142 Å². The monoisotopic (exact) mass is 468 g/mol. The fourth-order valence-corrected chi connectivity index (χ4v) is 8.43. The van der Waals surface area contributed by atoms with Crippen LogP contribution in [0.1, 0.15) is 123 Å². The molecule has 192 valence electrons. The first-order valence-electron chi connectivity index (χ1n) is 14.9. The minimum Gasteiger partial charge on any atom is -0.247 e. The van der Waals surface area contributed by atoms with Crippen LogP contribution in [-0.4, -0.2) is 18.5 Å². The van der Waals surface area contributed by atoms with Crippen molar-refractivity contribution in [2.75, 3.05) is 0 Å². The third kappa shape index (κ3) is 6.52. The molecule has 0 heterocycles.